The predicted octanol–water partition coefficient (Wildman–Crippen LogP) is 2.03. The van der Waals surface area contributed by atoms with Crippen LogP contribution in [0.15, 0.2) is 41.3 Å². The Morgan fingerprint density at radius 2 is 2.11 bits per heavy atom. The zero-order valence-electron chi connectivity index (χ0n) is 10.7. The first kappa shape index (κ1) is 11.5. The average Bonchev–Trinajstić information content (AvgIpc) is 2.76. The van der Waals surface area contributed by atoms with Gasteiger partial charge in [0.2, 0.25) is 5.88 Å². The molecule has 2 aromatic heterocycles. The van der Waals surface area contributed by atoms with E-state index in [9.17, 15) is 4.79 Å². The third-order valence-corrected chi connectivity index (χ3v) is 3.09. The molecule has 3 rings (SSSR count). The molecule has 2 heterocycles. The largest absolute Gasteiger partial charge is 0.481 e. The Balaban J connectivity index is 2.29. The van der Waals surface area contributed by atoms with Crippen molar-refractivity contribution in [1.29, 1.82) is 0 Å². The summed E-state index contributed by atoms with van der Waals surface area (Å²) in [5.41, 5.74) is 3.27. The number of imidazole rings is 1. The summed E-state index contributed by atoms with van der Waals surface area (Å²) in [7, 11) is 1.56. The normalized spacial score (nSPS) is 10.8. The molecule has 96 valence electrons. The number of aryl methyl sites for hydroxylation is 1. The number of fused-ring (bicyclic) bond motifs is 1. The molecule has 0 unspecified atom stereocenters. The molecule has 0 atom stereocenters. The van der Waals surface area contributed by atoms with E-state index in [0.29, 0.717) is 11.6 Å². The zero-order chi connectivity index (χ0) is 13.4. The Bertz CT molecular complexity index is 785. The highest BCUT2D eigenvalue weighted by atomic mass is 16.5. The summed E-state index contributed by atoms with van der Waals surface area (Å²) in [4.78, 5) is 19.1. The molecule has 0 fully saturated rings. The number of para-hydroxylation sites is 1. The first-order valence-corrected chi connectivity index (χ1v) is 5.91. The zero-order valence-corrected chi connectivity index (χ0v) is 10.7. The summed E-state index contributed by atoms with van der Waals surface area (Å²) < 4.78 is 6.64. The van der Waals surface area contributed by atoms with Crippen LogP contribution < -0.4 is 10.4 Å². The Labute approximate surface area is 109 Å². The summed E-state index contributed by atoms with van der Waals surface area (Å²) in [6.45, 7) is 1.98. The third-order valence-electron chi connectivity index (χ3n) is 3.09. The number of ether oxygens (including phenoxy) is 1. The maximum absolute atomic E-state index is 12.1. The predicted molar refractivity (Wildman–Crippen MR) is 73.0 cm³/mol. The Morgan fingerprint density at radius 1 is 1.26 bits per heavy atom. The molecule has 0 saturated heterocycles. The van der Waals surface area contributed by atoms with Crippen LogP contribution in [0, 0.1) is 6.92 Å². The van der Waals surface area contributed by atoms with Crippen molar-refractivity contribution in [2.45, 2.75) is 6.92 Å². The van der Waals surface area contributed by atoms with Crippen LogP contribution in [0.5, 0.6) is 5.88 Å². The molecule has 1 N–H and O–H groups in total. The highest BCUT2D eigenvalue weighted by Gasteiger charge is 2.10. The fraction of sp³-hybridized carbons (Fsp3) is 0.143. The number of nitrogens with one attached hydrogen (secondary N) is 1. The van der Waals surface area contributed by atoms with Gasteiger partial charge in [-0.1, -0.05) is 12.1 Å². The number of nitrogens with zero attached hydrogens (tertiary/aromatic N) is 2. The number of rotatable bonds is 2. The van der Waals surface area contributed by atoms with E-state index in [1.165, 1.54) is 0 Å². The summed E-state index contributed by atoms with van der Waals surface area (Å²) in [5.74, 6) is 0.522. The molecule has 0 aliphatic rings. The highest BCUT2D eigenvalue weighted by Crippen LogP contribution is 2.19. The number of hydrogen-bond donors (Lipinski definition) is 1. The number of hydrogen-bond acceptors (Lipinski definition) is 3. The van der Waals surface area contributed by atoms with Crippen LogP contribution in [0.2, 0.25) is 0 Å². The number of pyridine rings is 1. The Hall–Kier alpha value is -2.56. The molecule has 5 nitrogen and oxygen atoms in total. The standard InChI is InChI=1S/C14H13N3O2/c1-9-4-3-5-11-13(9)17(14(18)16-11)10-6-7-12(19-2)15-8-10/h3-8H,1-2H3,(H,16,18). The van der Waals surface area contributed by atoms with Crippen molar-refractivity contribution in [2.24, 2.45) is 0 Å². The first-order chi connectivity index (χ1) is 9.20. The number of benzene rings is 1. The molecule has 0 bridgehead atoms. The second-order valence-corrected chi connectivity index (χ2v) is 4.30. The lowest BCUT2D eigenvalue weighted by Crippen LogP contribution is -2.15. The molecule has 5 heteroatoms. The van der Waals surface area contributed by atoms with Crippen molar-refractivity contribution in [2.75, 3.05) is 7.11 Å². The number of methoxy groups -OCH3 is 1. The Kier molecular flexibility index (Phi) is 2.59. The highest BCUT2D eigenvalue weighted by molar-refractivity contribution is 5.80. The fourth-order valence-electron chi connectivity index (χ4n) is 2.20. The summed E-state index contributed by atoms with van der Waals surface area (Å²) in [6.07, 6.45) is 1.62. The molecule has 3 aromatic rings. The van der Waals surface area contributed by atoms with E-state index in [0.717, 1.165) is 16.6 Å². The second-order valence-electron chi connectivity index (χ2n) is 4.30. The minimum atomic E-state index is -0.170. The molecule has 1 aromatic carbocycles. The van der Waals surface area contributed by atoms with Crippen LogP contribution in [-0.2, 0) is 0 Å². The molecule has 0 spiro atoms. The van der Waals surface area contributed by atoms with Gasteiger partial charge in [-0.15, -0.1) is 0 Å². The molecule has 0 aliphatic carbocycles. The van der Waals surface area contributed by atoms with Gasteiger partial charge in [-0.05, 0) is 24.6 Å². The van der Waals surface area contributed by atoms with Crippen LogP contribution in [0.25, 0.3) is 16.7 Å². The topological polar surface area (TPSA) is 59.9 Å². The van der Waals surface area contributed by atoms with E-state index in [4.69, 9.17) is 4.74 Å². The Morgan fingerprint density at radius 3 is 2.79 bits per heavy atom. The number of H-pyrrole nitrogens is 1. The summed E-state index contributed by atoms with van der Waals surface area (Å²) in [6, 6.07) is 9.33. The van der Waals surface area contributed by atoms with Crippen molar-refractivity contribution in [3.63, 3.8) is 0 Å². The van der Waals surface area contributed by atoms with E-state index >= 15 is 0 Å². The van der Waals surface area contributed by atoms with Gasteiger partial charge >= 0.3 is 5.69 Å². The van der Waals surface area contributed by atoms with Crippen LogP contribution in [0.4, 0.5) is 0 Å². The van der Waals surface area contributed by atoms with Gasteiger partial charge in [0.25, 0.3) is 0 Å². The fourth-order valence-corrected chi connectivity index (χ4v) is 2.20. The maximum Gasteiger partial charge on any atom is 0.331 e. The van der Waals surface area contributed by atoms with Crippen molar-refractivity contribution < 1.29 is 4.74 Å². The number of aromatic nitrogens is 3. The van der Waals surface area contributed by atoms with E-state index < -0.39 is 0 Å². The van der Waals surface area contributed by atoms with Crippen molar-refractivity contribution in [1.82, 2.24) is 14.5 Å². The monoisotopic (exact) mass is 255 g/mol. The molecular weight excluding hydrogens is 242 g/mol. The van der Waals surface area contributed by atoms with Crippen LogP contribution in [-0.4, -0.2) is 21.6 Å². The van der Waals surface area contributed by atoms with Crippen LogP contribution in [0.1, 0.15) is 5.56 Å². The van der Waals surface area contributed by atoms with Crippen molar-refractivity contribution >= 4 is 11.0 Å². The first-order valence-electron chi connectivity index (χ1n) is 5.91. The average molecular weight is 255 g/mol. The molecule has 0 radical (unpaired) electrons. The van der Waals surface area contributed by atoms with Gasteiger partial charge in [0.1, 0.15) is 0 Å². The van der Waals surface area contributed by atoms with E-state index in [2.05, 4.69) is 9.97 Å². The SMILES string of the molecule is COc1ccc(-n2c(=O)[nH]c3cccc(C)c32)cn1. The minimum absolute atomic E-state index is 0.170. The second kappa shape index (κ2) is 4.28. The van der Waals surface area contributed by atoms with E-state index in [-0.39, 0.29) is 5.69 Å². The van der Waals surface area contributed by atoms with Crippen molar-refractivity contribution in [3.8, 4) is 11.6 Å². The summed E-state index contributed by atoms with van der Waals surface area (Å²) in [5, 5.41) is 0. The van der Waals surface area contributed by atoms with E-state index in [1.807, 2.05) is 31.2 Å². The van der Waals surface area contributed by atoms with Crippen LogP contribution in [0.3, 0.4) is 0 Å². The van der Waals surface area contributed by atoms with Gasteiger partial charge in [-0.25, -0.2) is 9.78 Å². The molecule has 19 heavy (non-hydrogen) atoms. The van der Waals surface area contributed by atoms with Gasteiger partial charge in [0.05, 0.1) is 30.0 Å². The van der Waals surface area contributed by atoms with E-state index in [1.54, 1.807) is 23.9 Å². The molecule has 0 amide bonds. The number of aromatic amines is 1. The quantitative estimate of drug-likeness (QED) is 0.762. The van der Waals surface area contributed by atoms with Gasteiger partial charge in [-0.3, -0.25) is 4.57 Å². The minimum Gasteiger partial charge on any atom is -0.481 e. The summed E-state index contributed by atoms with van der Waals surface area (Å²) >= 11 is 0. The van der Waals surface area contributed by atoms with Crippen molar-refractivity contribution in [3.05, 3.63) is 52.6 Å². The van der Waals surface area contributed by atoms with Gasteiger partial charge < -0.3 is 9.72 Å². The van der Waals surface area contributed by atoms with Gasteiger partial charge in [0.15, 0.2) is 0 Å². The lowest BCUT2D eigenvalue weighted by atomic mass is 10.2. The van der Waals surface area contributed by atoms with Crippen LogP contribution >= 0.6 is 0 Å². The lowest BCUT2D eigenvalue weighted by Gasteiger charge is -2.05. The molecular formula is C14H13N3O2. The smallest absolute Gasteiger partial charge is 0.331 e. The van der Waals surface area contributed by atoms with Gasteiger partial charge in [-0.2, -0.15) is 0 Å². The lowest BCUT2D eigenvalue weighted by molar-refractivity contribution is 0.398. The molecule has 0 saturated carbocycles. The maximum atomic E-state index is 12.1. The van der Waals surface area contributed by atoms with Gasteiger partial charge in [0, 0.05) is 6.07 Å². The molecule has 0 aliphatic heterocycles. The third kappa shape index (κ3) is 1.79.